The molecule has 30 heavy (non-hydrogen) atoms. The van der Waals surface area contributed by atoms with Crippen LogP contribution in [-0.4, -0.2) is 27.0 Å². The molecule has 1 aliphatic carbocycles. The van der Waals surface area contributed by atoms with Gasteiger partial charge in [0, 0.05) is 30.0 Å². The second-order valence-electron chi connectivity index (χ2n) is 8.17. The highest BCUT2D eigenvalue weighted by molar-refractivity contribution is 7.11. The first-order valence-electron chi connectivity index (χ1n) is 10.5. The summed E-state index contributed by atoms with van der Waals surface area (Å²) in [6.45, 7) is 4.40. The Morgan fingerprint density at radius 1 is 1.23 bits per heavy atom. The number of hydrogen-bond acceptors (Lipinski definition) is 4. The van der Waals surface area contributed by atoms with Gasteiger partial charge in [0.25, 0.3) is 0 Å². The molecule has 8 heteroatoms. The zero-order chi connectivity index (χ0) is 21.3. The highest BCUT2D eigenvalue weighted by Gasteiger charge is 2.26. The van der Waals surface area contributed by atoms with E-state index in [2.05, 4.69) is 10.3 Å². The topological polar surface area (TPSA) is 59.8 Å². The molecule has 1 N–H and O–H groups in total. The first-order valence-corrected chi connectivity index (χ1v) is 11.3. The second-order valence-corrected chi connectivity index (χ2v) is 9.34. The summed E-state index contributed by atoms with van der Waals surface area (Å²) >= 11 is 1.80. The summed E-state index contributed by atoms with van der Waals surface area (Å²) in [7, 11) is 0. The third kappa shape index (κ3) is 4.24. The van der Waals surface area contributed by atoms with Gasteiger partial charge in [0.2, 0.25) is 5.91 Å². The summed E-state index contributed by atoms with van der Waals surface area (Å²) in [5.74, 6) is -2.07. The average Bonchev–Trinajstić information content (AvgIpc) is 3.29. The Balaban J connectivity index is 1.39. The number of carbonyl (C=O) groups is 1. The van der Waals surface area contributed by atoms with Gasteiger partial charge in [-0.05, 0) is 38.0 Å². The third-order valence-corrected chi connectivity index (χ3v) is 6.79. The van der Waals surface area contributed by atoms with Crippen molar-refractivity contribution in [3.63, 3.8) is 0 Å². The highest BCUT2D eigenvalue weighted by atomic mass is 32.1. The lowest BCUT2D eigenvalue weighted by Gasteiger charge is -2.22. The number of fused-ring (bicyclic) bond motifs is 2. The van der Waals surface area contributed by atoms with Gasteiger partial charge in [0.15, 0.2) is 11.6 Å². The van der Waals surface area contributed by atoms with Gasteiger partial charge in [-0.15, -0.1) is 11.3 Å². The maximum Gasteiger partial charge on any atom is 0.243 e. The van der Waals surface area contributed by atoms with E-state index in [1.807, 2.05) is 13.8 Å². The van der Waals surface area contributed by atoms with Crippen LogP contribution in [0, 0.1) is 17.6 Å². The average molecular weight is 433 g/mol. The predicted octanol–water partition coefficient (Wildman–Crippen LogP) is 4.60. The first-order chi connectivity index (χ1) is 14.4. The van der Waals surface area contributed by atoms with Crippen molar-refractivity contribution >= 4 is 28.3 Å². The largest absolute Gasteiger partial charge is 0.354 e. The highest BCUT2D eigenvalue weighted by Crippen LogP contribution is 2.28. The number of nitrogens with zero attached hydrogens (tertiary/aromatic N) is 3. The molecule has 0 radical (unpaired) electrons. The van der Waals surface area contributed by atoms with Gasteiger partial charge >= 0.3 is 0 Å². The van der Waals surface area contributed by atoms with Gasteiger partial charge in [0.05, 0.1) is 28.1 Å². The lowest BCUT2D eigenvalue weighted by atomic mass is 10.0. The minimum absolute atomic E-state index is 0.0406. The number of halogens is 2. The molecule has 2 heterocycles. The van der Waals surface area contributed by atoms with Gasteiger partial charge in [0.1, 0.15) is 6.04 Å². The smallest absolute Gasteiger partial charge is 0.243 e. The van der Waals surface area contributed by atoms with Crippen molar-refractivity contribution in [2.24, 2.45) is 5.92 Å². The van der Waals surface area contributed by atoms with Crippen molar-refractivity contribution in [2.75, 3.05) is 6.54 Å². The van der Waals surface area contributed by atoms with Crippen LogP contribution in [-0.2, 0) is 24.1 Å². The van der Waals surface area contributed by atoms with Crippen molar-refractivity contribution in [3.05, 3.63) is 45.7 Å². The molecule has 160 valence electrons. The molecule has 0 saturated heterocycles. The lowest BCUT2D eigenvalue weighted by Crippen LogP contribution is -2.35. The van der Waals surface area contributed by atoms with Crippen molar-refractivity contribution in [3.8, 4) is 0 Å². The van der Waals surface area contributed by atoms with E-state index in [1.54, 1.807) is 15.9 Å². The quantitative estimate of drug-likeness (QED) is 0.555. The van der Waals surface area contributed by atoms with Crippen LogP contribution in [0.4, 0.5) is 8.78 Å². The van der Waals surface area contributed by atoms with Gasteiger partial charge < -0.3 is 9.88 Å². The fraction of sp³-hybridized carbons (Fsp3) is 0.500. The number of carbonyl (C=O) groups excluding carboxylic acids is 1. The van der Waals surface area contributed by atoms with Gasteiger partial charge in [-0.25, -0.2) is 18.7 Å². The maximum atomic E-state index is 13.7. The third-order valence-electron chi connectivity index (χ3n) is 5.57. The molecule has 5 nitrogen and oxygen atoms in total. The molecular weight excluding hydrogens is 406 g/mol. The van der Waals surface area contributed by atoms with Crippen LogP contribution >= 0.6 is 11.3 Å². The molecule has 0 aliphatic heterocycles. The number of imidazole rings is 1. The number of nitrogens with one attached hydrogen (secondary N) is 1. The molecule has 1 aliphatic rings. The Kier molecular flexibility index (Phi) is 6.13. The standard InChI is InChI=1S/C22H26F2N4OS/c1-13(2)21(28-12-26-17-10-14(23)15(24)11-18(17)28)22(29)25-9-5-8-20-27-16-6-3-4-7-19(16)30-20/h10-13,21H,3-9H2,1-2H3,(H,25,29). The van der Waals surface area contributed by atoms with E-state index in [-0.39, 0.29) is 11.8 Å². The van der Waals surface area contributed by atoms with Crippen molar-refractivity contribution in [2.45, 2.75) is 58.4 Å². The molecule has 4 rings (SSSR count). The summed E-state index contributed by atoms with van der Waals surface area (Å²) in [6.07, 6.45) is 7.85. The first kappa shape index (κ1) is 20.9. The fourth-order valence-electron chi connectivity index (χ4n) is 4.06. The van der Waals surface area contributed by atoms with E-state index in [0.29, 0.717) is 17.6 Å². The molecule has 0 spiro atoms. The monoisotopic (exact) mass is 432 g/mol. The van der Waals surface area contributed by atoms with Gasteiger partial charge in [-0.2, -0.15) is 0 Å². The molecule has 1 unspecified atom stereocenters. The van der Waals surface area contributed by atoms with Gasteiger partial charge in [-0.1, -0.05) is 13.8 Å². The number of thiazole rings is 1. The van der Waals surface area contributed by atoms with E-state index in [4.69, 9.17) is 4.98 Å². The molecule has 1 amide bonds. The minimum atomic E-state index is -0.946. The summed E-state index contributed by atoms with van der Waals surface area (Å²) in [4.78, 5) is 23.2. The number of rotatable bonds is 7. The minimum Gasteiger partial charge on any atom is -0.354 e. The van der Waals surface area contributed by atoms with Crippen LogP contribution in [0.15, 0.2) is 18.5 Å². The molecule has 1 atom stereocenters. The Bertz CT molecular complexity index is 1040. The zero-order valence-corrected chi connectivity index (χ0v) is 18.1. The number of aryl methyl sites for hydroxylation is 3. The second kappa shape index (κ2) is 8.79. The Morgan fingerprint density at radius 3 is 2.77 bits per heavy atom. The number of aromatic nitrogens is 3. The molecule has 0 saturated carbocycles. The van der Waals surface area contributed by atoms with Crippen LogP contribution in [0.25, 0.3) is 11.0 Å². The summed E-state index contributed by atoms with van der Waals surface area (Å²) in [5, 5.41) is 4.14. The molecule has 0 bridgehead atoms. The van der Waals surface area contributed by atoms with E-state index < -0.39 is 17.7 Å². The molecular formula is C22H26F2N4OS. The van der Waals surface area contributed by atoms with Crippen LogP contribution in [0.2, 0.25) is 0 Å². The normalized spacial score (nSPS) is 14.8. The zero-order valence-electron chi connectivity index (χ0n) is 17.3. The summed E-state index contributed by atoms with van der Waals surface area (Å²) < 4.78 is 28.9. The van der Waals surface area contributed by atoms with E-state index in [0.717, 1.165) is 42.8 Å². The maximum absolute atomic E-state index is 13.7. The Morgan fingerprint density at radius 2 is 2.00 bits per heavy atom. The van der Waals surface area contributed by atoms with Gasteiger partial charge in [-0.3, -0.25) is 4.79 Å². The number of hydrogen-bond donors (Lipinski definition) is 1. The Hall–Kier alpha value is -2.35. The molecule has 1 aromatic carbocycles. The summed E-state index contributed by atoms with van der Waals surface area (Å²) in [6, 6.07) is 1.61. The van der Waals surface area contributed by atoms with Crippen LogP contribution in [0.5, 0.6) is 0 Å². The van der Waals surface area contributed by atoms with Crippen LogP contribution in [0.3, 0.4) is 0 Å². The summed E-state index contributed by atoms with van der Waals surface area (Å²) in [5.41, 5.74) is 2.01. The SMILES string of the molecule is CC(C)C(C(=O)NCCCc1nc2c(s1)CCCC2)n1cnc2cc(F)c(F)cc21. The molecule has 3 aromatic rings. The van der Waals surface area contributed by atoms with Crippen molar-refractivity contribution in [1.29, 1.82) is 0 Å². The van der Waals surface area contributed by atoms with Crippen molar-refractivity contribution < 1.29 is 13.6 Å². The van der Waals surface area contributed by atoms with Crippen molar-refractivity contribution in [1.82, 2.24) is 19.9 Å². The number of amides is 1. The Labute approximate surface area is 178 Å². The van der Waals surface area contributed by atoms with E-state index in [1.165, 1.54) is 29.7 Å². The van der Waals surface area contributed by atoms with Crippen LogP contribution < -0.4 is 5.32 Å². The molecule has 2 aromatic heterocycles. The molecule has 0 fully saturated rings. The van der Waals surface area contributed by atoms with Crippen LogP contribution in [0.1, 0.15) is 54.7 Å². The van der Waals surface area contributed by atoms with E-state index in [9.17, 15) is 13.6 Å². The number of benzene rings is 1. The van der Waals surface area contributed by atoms with E-state index >= 15 is 0 Å². The fourth-order valence-corrected chi connectivity index (χ4v) is 5.26. The predicted molar refractivity (Wildman–Crippen MR) is 114 cm³/mol. The lowest BCUT2D eigenvalue weighted by molar-refractivity contribution is -0.125.